The van der Waals surface area contributed by atoms with Crippen LogP contribution in [0, 0.1) is 0 Å². The van der Waals surface area contributed by atoms with Gasteiger partial charge in [-0.15, -0.1) is 0 Å². The molecule has 0 bridgehead atoms. The van der Waals surface area contributed by atoms with Crippen molar-refractivity contribution in [1.29, 1.82) is 0 Å². The van der Waals surface area contributed by atoms with Crippen molar-refractivity contribution in [3.8, 4) is 0 Å². The zero-order valence-electron chi connectivity index (χ0n) is 17.8. The van der Waals surface area contributed by atoms with E-state index < -0.39 is 22.1 Å². The van der Waals surface area contributed by atoms with E-state index in [-0.39, 0.29) is 0 Å². The molecule has 0 atom stereocenters. The Labute approximate surface area is 164 Å². The third-order valence-electron chi connectivity index (χ3n) is 4.49. The summed E-state index contributed by atoms with van der Waals surface area (Å²) in [5.41, 5.74) is 1.46. The van der Waals surface area contributed by atoms with E-state index in [0.29, 0.717) is 18.1 Å². The Hall–Kier alpha value is -2.00. The van der Waals surface area contributed by atoms with E-state index >= 15 is 0 Å². The molecule has 0 fully saturated rings. The third-order valence-corrected chi connectivity index (χ3v) is 8.53. The van der Waals surface area contributed by atoms with E-state index in [1.807, 2.05) is 11.9 Å². The molecule has 0 aliphatic rings. The normalized spacial score (nSPS) is 12.0. The molecule has 0 saturated heterocycles. The molecule has 7 heteroatoms. The van der Waals surface area contributed by atoms with Crippen LogP contribution < -0.4 is 15.3 Å². The summed E-state index contributed by atoms with van der Waals surface area (Å²) in [6.45, 7) is 16.3. The molecule has 0 aliphatic carbocycles. The highest BCUT2D eigenvalue weighted by Crippen LogP contribution is 2.20. The van der Waals surface area contributed by atoms with Crippen LogP contribution in [0.4, 0.5) is 11.6 Å². The fraction of sp³-hybridized carbons (Fsp3) is 0.450. The number of aromatic nitrogens is 2. The van der Waals surface area contributed by atoms with Crippen LogP contribution in [0.3, 0.4) is 0 Å². The molecular weight excluding hydrogens is 370 g/mol. The zero-order valence-corrected chi connectivity index (χ0v) is 19.8. The molecule has 0 unspecified atom stereocenters. The number of benzene rings is 1. The van der Waals surface area contributed by atoms with E-state index in [4.69, 9.17) is 4.74 Å². The molecule has 1 heterocycles. The SMILES string of the molecule is CCOC(=O)c1cnc(N(C)c2cc([Si](C)(C)C)cc([Si](C)(C)C)c2)nc1. The van der Waals surface area contributed by atoms with E-state index in [9.17, 15) is 4.79 Å². The number of esters is 1. The van der Waals surface area contributed by atoms with Crippen molar-refractivity contribution in [3.05, 3.63) is 36.2 Å². The van der Waals surface area contributed by atoms with Gasteiger partial charge in [0.2, 0.25) is 5.95 Å². The lowest BCUT2D eigenvalue weighted by Crippen LogP contribution is -2.45. The number of hydrogen-bond acceptors (Lipinski definition) is 5. The lowest BCUT2D eigenvalue weighted by Gasteiger charge is -2.27. The van der Waals surface area contributed by atoms with Crippen molar-refractivity contribution in [2.75, 3.05) is 18.6 Å². The van der Waals surface area contributed by atoms with Crippen molar-refractivity contribution in [2.24, 2.45) is 0 Å². The molecule has 0 radical (unpaired) electrons. The average molecular weight is 402 g/mol. The lowest BCUT2D eigenvalue weighted by molar-refractivity contribution is 0.0525. The Morgan fingerprint density at radius 3 is 1.85 bits per heavy atom. The van der Waals surface area contributed by atoms with Gasteiger partial charge < -0.3 is 9.64 Å². The predicted molar refractivity (Wildman–Crippen MR) is 118 cm³/mol. The van der Waals surface area contributed by atoms with Crippen molar-refractivity contribution < 1.29 is 9.53 Å². The van der Waals surface area contributed by atoms with Gasteiger partial charge in [0.15, 0.2) is 0 Å². The van der Waals surface area contributed by atoms with E-state index in [2.05, 4.69) is 67.4 Å². The van der Waals surface area contributed by atoms with Crippen LogP contribution in [0.1, 0.15) is 17.3 Å². The molecule has 2 rings (SSSR count). The second kappa shape index (κ2) is 7.94. The second-order valence-electron chi connectivity index (χ2n) is 8.82. The summed E-state index contributed by atoms with van der Waals surface area (Å²) in [5.74, 6) is 0.172. The largest absolute Gasteiger partial charge is 0.462 e. The standard InChI is InChI=1S/C20H31N3O2Si2/c1-9-25-19(24)15-13-21-20(22-14-15)23(2)16-10-17(26(3,4)5)12-18(11-16)27(6,7)8/h10-14H,9H2,1-8H3. The summed E-state index contributed by atoms with van der Waals surface area (Å²) in [6, 6.07) is 6.93. The summed E-state index contributed by atoms with van der Waals surface area (Å²) in [4.78, 5) is 22.5. The molecule has 146 valence electrons. The van der Waals surface area contributed by atoms with Gasteiger partial charge in [0.05, 0.1) is 28.3 Å². The molecule has 1 aromatic carbocycles. The molecule has 0 amide bonds. The van der Waals surface area contributed by atoms with Gasteiger partial charge in [-0.1, -0.05) is 55.7 Å². The smallest absolute Gasteiger partial charge is 0.341 e. The van der Waals surface area contributed by atoms with Crippen LogP contribution in [-0.2, 0) is 4.74 Å². The van der Waals surface area contributed by atoms with Gasteiger partial charge in [0.1, 0.15) is 0 Å². The van der Waals surface area contributed by atoms with Crippen molar-refractivity contribution in [1.82, 2.24) is 9.97 Å². The minimum Gasteiger partial charge on any atom is -0.462 e. The maximum absolute atomic E-state index is 11.8. The fourth-order valence-corrected chi connectivity index (χ4v) is 5.08. The highest BCUT2D eigenvalue weighted by atomic mass is 28.3. The molecule has 2 aromatic rings. The van der Waals surface area contributed by atoms with Crippen LogP contribution >= 0.6 is 0 Å². The van der Waals surface area contributed by atoms with Gasteiger partial charge in [0.25, 0.3) is 0 Å². The second-order valence-corrected chi connectivity index (χ2v) is 19.0. The summed E-state index contributed by atoms with van der Waals surface area (Å²) < 4.78 is 5.00. The van der Waals surface area contributed by atoms with Crippen LogP contribution in [-0.4, -0.2) is 45.7 Å². The Balaban J connectivity index is 2.43. The Morgan fingerprint density at radius 1 is 0.963 bits per heavy atom. The quantitative estimate of drug-likeness (QED) is 0.548. The van der Waals surface area contributed by atoms with Crippen molar-refractivity contribution >= 4 is 44.1 Å². The molecule has 27 heavy (non-hydrogen) atoms. The summed E-state index contributed by atoms with van der Waals surface area (Å²) in [7, 11) is -0.953. The van der Waals surface area contributed by atoms with Gasteiger partial charge in [-0.05, 0) is 19.1 Å². The van der Waals surface area contributed by atoms with Crippen LogP contribution in [0.15, 0.2) is 30.6 Å². The Morgan fingerprint density at radius 2 is 1.44 bits per heavy atom. The van der Waals surface area contributed by atoms with Gasteiger partial charge in [-0.3, -0.25) is 0 Å². The molecule has 0 spiro atoms. The molecule has 1 aromatic heterocycles. The van der Waals surface area contributed by atoms with E-state index in [0.717, 1.165) is 5.69 Å². The predicted octanol–water partition coefficient (Wildman–Crippen LogP) is 3.51. The summed E-state index contributed by atoms with van der Waals surface area (Å²) in [6.07, 6.45) is 3.05. The van der Waals surface area contributed by atoms with E-state index in [1.165, 1.54) is 22.8 Å². The number of anilines is 2. The number of ether oxygens (including phenoxy) is 1. The van der Waals surface area contributed by atoms with Crippen LogP contribution in [0.25, 0.3) is 0 Å². The highest BCUT2D eigenvalue weighted by molar-refractivity contribution is 6.91. The first-order chi connectivity index (χ1) is 12.4. The maximum Gasteiger partial charge on any atom is 0.341 e. The monoisotopic (exact) mass is 401 g/mol. The molecule has 5 nitrogen and oxygen atoms in total. The van der Waals surface area contributed by atoms with Gasteiger partial charge in [-0.2, -0.15) is 0 Å². The lowest BCUT2D eigenvalue weighted by atomic mass is 10.3. The average Bonchev–Trinajstić information content (AvgIpc) is 2.59. The highest BCUT2D eigenvalue weighted by Gasteiger charge is 2.24. The molecular formula is C20H31N3O2Si2. The Bertz CT molecular complexity index is 777. The first kappa shape index (κ1) is 21.3. The van der Waals surface area contributed by atoms with Crippen LogP contribution in [0.2, 0.25) is 39.3 Å². The topological polar surface area (TPSA) is 55.3 Å². The van der Waals surface area contributed by atoms with Crippen molar-refractivity contribution in [3.63, 3.8) is 0 Å². The zero-order chi connectivity index (χ0) is 20.4. The van der Waals surface area contributed by atoms with Crippen molar-refractivity contribution in [2.45, 2.75) is 46.2 Å². The summed E-state index contributed by atoms with van der Waals surface area (Å²) >= 11 is 0. The first-order valence-electron chi connectivity index (χ1n) is 9.32. The number of nitrogens with zero attached hydrogens (tertiary/aromatic N) is 3. The molecule has 0 aliphatic heterocycles. The maximum atomic E-state index is 11.8. The first-order valence-corrected chi connectivity index (χ1v) is 16.3. The summed E-state index contributed by atoms with van der Waals surface area (Å²) in [5, 5.41) is 2.87. The molecule has 0 N–H and O–H groups in total. The minimum absolute atomic E-state index is 0.337. The number of rotatable bonds is 6. The molecule has 0 saturated carbocycles. The minimum atomic E-state index is -1.46. The van der Waals surface area contributed by atoms with Crippen LogP contribution in [0.5, 0.6) is 0 Å². The van der Waals surface area contributed by atoms with Gasteiger partial charge in [0, 0.05) is 25.1 Å². The number of hydrogen-bond donors (Lipinski definition) is 0. The fourth-order valence-electron chi connectivity index (χ4n) is 2.60. The van der Waals surface area contributed by atoms with Gasteiger partial charge >= 0.3 is 5.97 Å². The number of carbonyl (C=O) groups excluding carboxylic acids is 1. The number of carbonyl (C=O) groups is 1. The Kier molecular flexibility index (Phi) is 6.26. The van der Waals surface area contributed by atoms with E-state index in [1.54, 1.807) is 6.92 Å². The van der Waals surface area contributed by atoms with Gasteiger partial charge in [-0.25, -0.2) is 14.8 Å². The third kappa shape index (κ3) is 5.26.